The van der Waals surface area contributed by atoms with Gasteiger partial charge in [0.15, 0.2) is 11.5 Å². The zero-order valence-electron chi connectivity index (χ0n) is 16.4. The number of hydrogen-bond acceptors (Lipinski definition) is 9. The lowest BCUT2D eigenvalue weighted by Crippen LogP contribution is -2.49. The molecule has 10 heteroatoms. The van der Waals surface area contributed by atoms with Gasteiger partial charge in [0.2, 0.25) is 0 Å². The van der Waals surface area contributed by atoms with Gasteiger partial charge in [-0.1, -0.05) is 11.2 Å². The van der Waals surface area contributed by atoms with Gasteiger partial charge in [0, 0.05) is 51.4 Å². The van der Waals surface area contributed by atoms with Crippen molar-refractivity contribution in [3.63, 3.8) is 0 Å². The lowest BCUT2D eigenvalue weighted by atomic mass is 10.2. The summed E-state index contributed by atoms with van der Waals surface area (Å²) in [5.41, 5.74) is 0.350. The maximum atomic E-state index is 12.8. The van der Waals surface area contributed by atoms with E-state index in [-0.39, 0.29) is 5.91 Å². The molecule has 2 aliphatic rings. The Morgan fingerprint density at radius 1 is 0.967 bits per heavy atom. The number of anilines is 2. The highest BCUT2D eigenvalue weighted by Gasteiger charge is 2.26. The summed E-state index contributed by atoms with van der Waals surface area (Å²) in [6, 6.07) is 7.64. The van der Waals surface area contributed by atoms with E-state index < -0.39 is 0 Å². The third-order valence-corrected chi connectivity index (χ3v) is 6.24. The molecule has 0 bridgehead atoms. The second-order valence-corrected chi connectivity index (χ2v) is 8.11. The number of thiophene rings is 1. The third-order valence-electron chi connectivity index (χ3n) is 5.36. The van der Waals surface area contributed by atoms with E-state index in [1.165, 1.54) is 0 Å². The molecule has 2 fully saturated rings. The number of carbonyl (C=O) groups is 1. The zero-order chi connectivity index (χ0) is 20.3. The van der Waals surface area contributed by atoms with Crippen LogP contribution in [0.4, 0.5) is 11.6 Å². The normalized spacial score (nSPS) is 17.4. The van der Waals surface area contributed by atoms with Crippen LogP contribution in [-0.4, -0.2) is 78.4 Å². The number of piperazine rings is 1. The minimum atomic E-state index is -0.0992. The molecular formula is C20H22N6O3S. The van der Waals surface area contributed by atoms with Crippen LogP contribution in [0.3, 0.4) is 0 Å². The van der Waals surface area contributed by atoms with Crippen molar-refractivity contribution in [1.29, 1.82) is 0 Å². The summed E-state index contributed by atoms with van der Waals surface area (Å²) in [6.07, 6.45) is 1.61. The van der Waals surface area contributed by atoms with E-state index in [4.69, 9.17) is 9.26 Å². The van der Waals surface area contributed by atoms with Crippen molar-refractivity contribution in [2.24, 2.45) is 0 Å². The number of nitrogens with zero attached hydrogens (tertiary/aromatic N) is 6. The molecule has 2 saturated heterocycles. The Kier molecular flexibility index (Phi) is 5.33. The predicted molar refractivity (Wildman–Crippen MR) is 113 cm³/mol. The van der Waals surface area contributed by atoms with Crippen molar-refractivity contribution >= 4 is 28.9 Å². The van der Waals surface area contributed by atoms with Crippen molar-refractivity contribution in [3.05, 3.63) is 41.7 Å². The number of hydrogen-bond donors (Lipinski definition) is 0. The van der Waals surface area contributed by atoms with Gasteiger partial charge in [-0.15, -0.1) is 11.3 Å². The SMILES string of the molecule is O=C(c1cc(-c2cccs2)on1)N1CCN(c2cc(N3CCOCC3)ncn2)CC1. The lowest BCUT2D eigenvalue weighted by molar-refractivity contribution is 0.0736. The molecule has 2 aliphatic heterocycles. The van der Waals surface area contributed by atoms with Crippen LogP contribution in [0.25, 0.3) is 10.6 Å². The van der Waals surface area contributed by atoms with Crippen LogP contribution in [-0.2, 0) is 4.74 Å². The van der Waals surface area contributed by atoms with Gasteiger partial charge in [0.1, 0.15) is 18.0 Å². The van der Waals surface area contributed by atoms with Crippen molar-refractivity contribution in [1.82, 2.24) is 20.0 Å². The lowest BCUT2D eigenvalue weighted by Gasteiger charge is -2.35. The number of ether oxygens (including phenoxy) is 1. The molecule has 0 radical (unpaired) electrons. The Morgan fingerprint density at radius 2 is 1.70 bits per heavy atom. The van der Waals surface area contributed by atoms with Gasteiger partial charge in [-0.2, -0.15) is 0 Å². The standard InChI is InChI=1S/C20H22N6O3S/c27-20(15-12-16(29-23-15)17-2-1-11-30-17)26-5-3-24(4-6-26)18-13-19(22-14-21-18)25-7-9-28-10-8-25/h1-2,11-14H,3-10H2. The molecule has 0 unspecified atom stereocenters. The largest absolute Gasteiger partial charge is 0.378 e. The molecule has 3 aromatic heterocycles. The van der Waals surface area contributed by atoms with Crippen molar-refractivity contribution in [2.75, 3.05) is 62.3 Å². The average Bonchev–Trinajstić information content (AvgIpc) is 3.52. The van der Waals surface area contributed by atoms with E-state index >= 15 is 0 Å². The van der Waals surface area contributed by atoms with Crippen LogP contribution >= 0.6 is 11.3 Å². The first-order valence-electron chi connectivity index (χ1n) is 9.97. The second-order valence-electron chi connectivity index (χ2n) is 7.17. The van der Waals surface area contributed by atoms with Gasteiger partial charge >= 0.3 is 0 Å². The van der Waals surface area contributed by atoms with Crippen LogP contribution in [0.15, 0.2) is 40.5 Å². The molecule has 30 heavy (non-hydrogen) atoms. The number of carbonyl (C=O) groups excluding carboxylic acids is 1. The summed E-state index contributed by atoms with van der Waals surface area (Å²) in [4.78, 5) is 28.9. The maximum Gasteiger partial charge on any atom is 0.276 e. The Morgan fingerprint density at radius 3 is 2.40 bits per heavy atom. The summed E-state index contributed by atoms with van der Waals surface area (Å²) in [5.74, 6) is 2.34. The Hall–Kier alpha value is -2.98. The van der Waals surface area contributed by atoms with Crippen molar-refractivity contribution < 1.29 is 14.1 Å². The minimum absolute atomic E-state index is 0.0992. The summed E-state index contributed by atoms with van der Waals surface area (Å²) in [6.45, 7) is 5.75. The summed E-state index contributed by atoms with van der Waals surface area (Å²) in [7, 11) is 0. The van der Waals surface area contributed by atoms with Crippen LogP contribution < -0.4 is 9.80 Å². The molecule has 0 spiro atoms. The highest BCUT2D eigenvalue weighted by molar-refractivity contribution is 7.13. The zero-order valence-corrected chi connectivity index (χ0v) is 17.3. The Bertz CT molecular complexity index is 994. The molecule has 0 atom stereocenters. The van der Waals surface area contributed by atoms with Gasteiger partial charge in [-0.05, 0) is 11.4 Å². The quantitative estimate of drug-likeness (QED) is 0.626. The van der Waals surface area contributed by atoms with Gasteiger partial charge in [0.05, 0.1) is 18.1 Å². The minimum Gasteiger partial charge on any atom is -0.378 e. The van der Waals surface area contributed by atoms with E-state index in [1.807, 2.05) is 28.5 Å². The van der Waals surface area contributed by atoms with E-state index in [0.717, 1.165) is 42.8 Å². The highest BCUT2D eigenvalue weighted by atomic mass is 32.1. The molecule has 5 rings (SSSR count). The van der Waals surface area contributed by atoms with Crippen LogP contribution in [0, 0.1) is 0 Å². The van der Waals surface area contributed by atoms with Crippen LogP contribution in [0.1, 0.15) is 10.5 Å². The van der Waals surface area contributed by atoms with E-state index in [2.05, 4.69) is 24.9 Å². The number of morpholine rings is 1. The van der Waals surface area contributed by atoms with Gasteiger partial charge in [-0.3, -0.25) is 4.79 Å². The first-order valence-corrected chi connectivity index (χ1v) is 10.9. The maximum absolute atomic E-state index is 12.8. The van der Waals surface area contributed by atoms with E-state index in [0.29, 0.717) is 37.6 Å². The molecule has 156 valence electrons. The fourth-order valence-electron chi connectivity index (χ4n) is 3.69. The summed E-state index contributed by atoms with van der Waals surface area (Å²) in [5, 5.41) is 5.95. The molecular weight excluding hydrogens is 404 g/mol. The Balaban J connectivity index is 1.22. The molecule has 0 N–H and O–H groups in total. The average molecular weight is 427 g/mol. The second kappa shape index (κ2) is 8.41. The summed E-state index contributed by atoms with van der Waals surface area (Å²) < 4.78 is 10.8. The van der Waals surface area contributed by atoms with Gasteiger partial charge in [0.25, 0.3) is 5.91 Å². The Labute approximate surface area is 177 Å². The smallest absolute Gasteiger partial charge is 0.276 e. The van der Waals surface area contributed by atoms with Gasteiger partial charge < -0.3 is 24.0 Å². The summed E-state index contributed by atoms with van der Waals surface area (Å²) >= 11 is 1.56. The predicted octanol–water partition coefficient (Wildman–Crippen LogP) is 1.99. The molecule has 3 aromatic rings. The highest BCUT2D eigenvalue weighted by Crippen LogP contribution is 2.26. The molecule has 0 aromatic carbocycles. The number of aromatic nitrogens is 3. The molecule has 9 nitrogen and oxygen atoms in total. The van der Waals surface area contributed by atoms with Crippen molar-refractivity contribution in [2.45, 2.75) is 0 Å². The first-order chi connectivity index (χ1) is 14.8. The van der Waals surface area contributed by atoms with E-state index in [1.54, 1.807) is 23.7 Å². The number of amides is 1. The molecule has 0 aliphatic carbocycles. The fourth-order valence-corrected chi connectivity index (χ4v) is 4.36. The molecule has 1 amide bonds. The van der Waals surface area contributed by atoms with E-state index in [9.17, 15) is 4.79 Å². The fraction of sp³-hybridized carbons (Fsp3) is 0.400. The number of rotatable bonds is 4. The first kappa shape index (κ1) is 19.0. The third kappa shape index (κ3) is 3.88. The van der Waals surface area contributed by atoms with Gasteiger partial charge in [-0.25, -0.2) is 9.97 Å². The van der Waals surface area contributed by atoms with Crippen LogP contribution in [0.5, 0.6) is 0 Å². The molecule has 5 heterocycles. The topological polar surface area (TPSA) is 87.8 Å². The molecule has 0 saturated carbocycles. The monoisotopic (exact) mass is 426 g/mol. The van der Waals surface area contributed by atoms with Crippen LogP contribution in [0.2, 0.25) is 0 Å². The van der Waals surface area contributed by atoms with Crippen molar-refractivity contribution in [3.8, 4) is 10.6 Å².